The molecule has 1 unspecified atom stereocenters. The van der Waals surface area contributed by atoms with Crippen LogP contribution in [-0.4, -0.2) is 11.0 Å². The Morgan fingerprint density at radius 3 is 3.00 bits per heavy atom. The molecule has 2 rings (SSSR count). The van der Waals surface area contributed by atoms with Crippen molar-refractivity contribution in [3.63, 3.8) is 0 Å². The molecule has 4 heteroatoms. The van der Waals surface area contributed by atoms with Crippen molar-refractivity contribution < 1.29 is 4.42 Å². The van der Waals surface area contributed by atoms with Gasteiger partial charge in [0.15, 0.2) is 0 Å². The van der Waals surface area contributed by atoms with E-state index in [1.165, 1.54) is 0 Å². The van der Waals surface area contributed by atoms with Crippen molar-refractivity contribution in [1.82, 2.24) is 4.98 Å². The highest BCUT2D eigenvalue weighted by Gasteiger charge is 2.08. The fourth-order valence-electron chi connectivity index (χ4n) is 1.50. The highest BCUT2D eigenvalue weighted by Crippen LogP contribution is 2.12. The number of aromatic nitrogens is 1. The van der Waals surface area contributed by atoms with E-state index < -0.39 is 0 Å². The second-order valence-electron chi connectivity index (χ2n) is 3.68. The van der Waals surface area contributed by atoms with Gasteiger partial charge in [-0.05, 0) is 25.0 Å². The van der Waals surface area contributed by atoms with Gasteiger partial charge in [-0.15, -0.1) is 11.3 Å². The summed E-state index contributed by atoms with van der Waals surface area (Å²) in [6.07, 6.45) is 5.10. The lowest BCUT2D eigenvalue weighted by Gasteiger charge is -2.07. The van der Waals surface area contributed by atoms with Gasteiger partial charge in [0.05, 0.1) is 17.5 Å². The number of aryl methyl sites for hydroxylation is 1. The highest BCUT2D eigenvalue weighted by molar-refractivity contribution is 7.09. The average molecular weight is 222 g/mol. The molecule has 2 heterocycles. The molecule has 2 aromatic rings. The lowest BCUT2D eigenvalue weighted by atomic mass is 10.1. The Bertz CT molecular complexity index is 408. The van der Waals surface area contributed by atoms with Gasteiger partial charge in [0, 0.05) is 23.5 Å². The summed E-state index contributed by atoms with van der Waals surface area (Å²) in [5.41, 5.74) is 8.25. The van der Waals surface area contributed by atoms with E-state index in [-0.39, 0.29) is 6.04 Å². The van der Waals surface area contributed by atoms with Gasteiger partial charge in [-0.1, -0.05) is 0 Å². The Balaban J connectivity index is 1.90. The minimum absolute atomic E-state index is 0.119. The van der Waals surface area contributed by atoms with Crippen molar-refractivity contribution in [2.75, 3.05) is 0 Å². The molecule has 0 amide bonds. The largest absolute Gasteiger partial charge is 0.472 e. The zero-order valence-corrected chi connectivity index (χ0v) is 9.46. The van der Waals surface area contributed by atoms with E-state index in [1.54, 1.807) is 23.9 Å². The van der Waals surface area contributed by atoms with Crippen LogP contribution in [0.15, 0.2) is 28.4 Å². The van der Waals surface area contributed by atoms with Gasteiger partial charge in [0.25, 0.3) is 0 Å². The molecule has 3 nitrogen and oxygen atoms in total. The predicted molar refractivity (Wildman–Crippen MR) is 60.9 cm³/mol. The van der Waals surface area contributed by atoms with Gasteiger partial charge in [0.2, 0.25) is 0 Å². The zero-order valence-electron chi connectivity index (χ0n) is 8.64. The van der Waals surface area contributed by atoms with Gasteiger partial charge in [-0.3, -0.25) is 0 Å². The molecule has 1 atom stereocenters. The van der Waals surface area contributed by atoms with E-state index in [0.29, 0.717) is 0 Å². The Hall–Kier alpha value is -1.13. The van der Waals surface area contributed by atoms with Crippen LogP contribution in [0.3, 0.4) is 0 Å². The van der Waals surface area contributed by atoms with Crippen molar-refractivity contribution >= 4 is 11.3 Å². The first-order valence-electron chi connectivity index (χ1n) is 4.91. The maximum absolute atomic E-state index is 6.03. The van der Waals surface area contributed by atoms with E-state index >= 15 is 0 Å². The smallest absolute Gasteiger partial charge is 0.0943 e. The summed E-state index contributed by atoms with van der Waals surface area (Å²) in [5.74, 6) is 0. The quantitative estimate of drug-likeness (QED) is 0.862. The van der Waals surface area contributed by atoms with E-state index in [2.05, 4.69) is 10.4 Å². The third kappa shape index (κ3) is 2.91. The van der Waals surface area contributed by atoms with Gasteiger partial charge in [0.1, 0.15) is 0 Å². The standard InChI is InChI=1S/C11H14N2OS/c1-8-7-15-11(13-8)5-10(12)4-9-2-3-14-6-9/h2-3,6-7,10H,4-5,12H2,1H3. The van der Waals surface area contributed by atoms with Gasteiger partial charge < -0.3 is 10.2 Å². The summed E-state index contributed by atoms with van der Waals surface area (Å²) in [5, 5.41) is 3.17. The first-order chi connectivity index (χ1) is 7.24. The number of hydrogen-bond donors (Lipinski definition) is 1. The maximum Gasteiger partial charge on any atom is 0.0943 e. The molecule has 0 bridgehead atoms. The van der Waals surface area contributed by atoms with Crippen LogP contribution in [-0.2, 0) is 12.8 Å². The SMILES string of the molecule is Cc1csc(CC(N)Cc2ccoc2)n1. The number of nitrogens with zero attached hydrogens (tertiary/aromatic N) is 1. The second-order valence-corrected chi connectivity index (χ2v) is 4.63. The molecule has 0 fully saturated rings. The van der Waals surface area contributed by atoms with Crippen LogP contribution < -0.4 is 5.73 Å². The number of furan rings is 1. The first kappa shape index (κ1) is 10.4. The van der Waals surface area contributed by atoms with Crippen LogP contribution in [0.2, 0.25) is 0 Å². The van der Waals surface area contributed by atoms with Crippen LogP contribution >= 0.6 is 11.3 Å². The molecule has 0 aromatic carbocycles. The van der Waals surface area contributed by atoms with Crippen LogP contribution in [0.25, 0.3) is 0 Å². The third-order valence-corrected chi connectivity index (χ3v) is 3.17. The molecular weight excluding hydrogens is 208 g/mol. The molecule has 0 saturated heterocycles. The summed E-state index contributed by atoms with van der Waals surface area (Å²) < 4.78 is 5.00. The van der Waals surface area contributed by atoms with Crippen LogP contribution in [0.5, 0.6) is 0 Å². The van der Waals surface area contributed by atoms with E-state index in [9.17, 15) is 0 Å². The third-order valence-electron chi connectivity index (χ3n) is 2.18. The maximum atomic E-state index is 6.03. The Morgan fingerprint density at radius 1 is 1.53 bits per heavy atom. The second kappa shape index (κ2) is 4.59. The van der Waals surface area contributed by atoms with Crippen molar-refractivity contribution in [2.45, 2.75) is 25.8 Å². The Morgan fingerprint density at radius 2 is 2.40 bits per heavy atom. The number of hydrogen-bond acceptors (Lipinski definition) is 4. The summed E-state index contributed by atoms with van der Waals surface area (Å²) in [6, 6.07) is 2.07. The number of nitrogens with two attached hydrogens (primary N) is 1. The Kier molecular flexibility index (Phi) is 3.18. The van der Waals surface area contributed by atoms with Crippen LogP contribution in [0, 0.1) is 6.92 Å². The fourth-order valence-corrected chi connectivity index (χ4v) is 2.37. The molecule has 0 radical (unpaired) electrons. The summed E-state index contributed by atoms with van der Waals surface area (Å²) >= 11 is 1.68. The fraction of sp³-hybridized carbons (Fsp3) is 0.364. The minimum Gasteiger partial charge on any atom is -0.472 e. The van der Waals surface area contributed by atoms with Gasteiger partial charge in [-0.2, -0.15) is 0 Å². The topological polar surface area (TPSA) is 52.0 Å². The highest BCUT2D eigenvalue weighted by atomic mass is 32.1. The monoisotopic (exact) mass is 222 g/mol. The van der Waals surface area contributed by atoms with Crippen molar-refractivity contribution in [3.05, 3.63) is 40.2 Å². The lowest BCUT2D eigenvalue weighted by Crippen LogP contribution is -2.25. The van der Waals surface area contributed by atoms with Gasteiger partial charge in [-0.25, -0.2) is 4.98 Å². The molecule has 15 heavy (non-hydrogen) atoms. The Labute approximate surface area is 92.9 Å². The van der Waals surface area contributed by atoms with E-state index in [0.717, 1.165) is 29.1 Å². The number of thiazole rings is 1. The molecule has 0 spiro atoms. The first-order valence-corrected chi connectivity index (χ1v) is 5.79. The van der Waals surface area contributed by atoms with E-state index in [1.807, 2.05) is 13.0 Å². The molecule has 80 valence electrons. The lowest BCUT2D eigenvalue weighted by molar-refractivity contribution is 0.559. The molecule has 0 aliphatic heterocycles. The molecule has 2 aromatic heterocycles. The molecule has 2 N–H and O–H groups in total. The summed E-state index contributed by atoms with van der Waals surface area (Å²) in [7, 11) is 0. The predicted octanol–water partition coefficient (Wildman–Crippen LogP) is 2.16. The molecule has 0 saturated carbocycles. The summed E-state index contributed by atoms with van der Waals surface area (Å²) in [6.45, 7) is 2.00. The van der Waals surface area contributed by atoms with E-state index in [4.69, 9.17) is 10.2 Å². The normalized spacial score (nSPS) is 12.9. The molecule has 0 aliphatic rings. The van der Waals surface area contributed by atoms with Crippen molar-refractivity contribution in [3.8, 4) is 0 Å². The molecular formula is C11H14N2OS. The zero-order chi connectivity index (χ0) is 10.7. The van der Waals surface area contributed by atoms with Gasteiger partial charge >= 0.3 is 0 Å². The minimum atomic E-state index is 0.119. The van der Waals surface area contributed by atoms with Crippen LogP contribution in [0.1, 0.15) is 16.3 Å². The summed E-state index contributed by atoms with van der Waals surface area (Å²) in [4.78, 5) is 4.40. The van der Waals surface area contributed by atoms with Crippen molar-refractivity contribution in [1.29, 1.82) is 0 Å². The van der Waals surface area contributed by atoms with Crippen molar-refractivity contribution in [2.24, 2.45) is 5.73 Å². The van der Waals surface area contributed by atoms with Crippen LogP contribution in [0.4, 0.5) is 0 Å². The average Bonchev–Trinajstić information content (AvgIpc) is 2.77. The molecule has 0 aliphatic carbocycles. The number of rotatable bonds is 4.